The number of aromatic nitrogens is 3. The summed E-state index contributed by atoms with van der Waals surface area (Å²) >= 11 is 9.43. The van der Waals surface area contributed by atoms with Crippen LogP contribution < -0.4 is 5.76 Å². The van der Waals surface area contributed by atoms with E-state index in [9.17, 15) is 4.79 Å². The zero-order valence-electron chi connectivity index (χ0n) is 11.3. The summed E-state index contributed by atoms with van der Waals surface area (Å²) in [5.41, 5.74) is 1.53. The van der Waals surface area contributed by atoms with E-state index >= 15 is 0 Å². The molecule has 0 unspecified atom stereocenters. The van der Waals surface area contributed by atoms with Crippen LogP contribution in [0.2, 0.25) is 5.02 Å². The number of nitrogens with zero attached hydrogens (tertiary/aromatic N) is 3. The van der Waals surface area contributed by atoms with E-state index < -0.39 is 5.76 Å². The monoisotopic (exact) mass is 395 g/mol. The molecule has 0 amide bonds. The predicted octanol–water partition coefficient (Wildman–Crippen LogP) is 3.70. The lowest BCUT2D eigenvalue weighted by molar-refractivity contribution is 0.418. The summed E-state index contributed by atoms with van der Waals surface area (Å²) < 4.78 is 17.4. The van der Waals surface area contributed by atoms with E-state index in [0.717, 1.165) is 4.47 Å². The highest BCUT2D eigenvalue weighted by molar-refractivity contribution is 9.10. The summed E-state index contributed by atoms with van der Waals surface area (Å²) in [6.07, 6.45) is 3.00. The van der Waals surface area contributed by atoms with Gasteiger partial charge in [-0.1, -0.05) is 32.7 Å². The van der Waals surface area contributed by atoms with Gasteiger partial charge >= 0.3 is 5.76 Å². The van der Waals surface area contributed by atoms with Gasteiger partial charge in [-0.05, 0) is 18.2 Å². The molecule has 0 aliphatic heterocycles. The van der Waals surface area contributed by atoms with Gasteiger partial charge in [-0.2, -0.15) is 4.98 Å². The Morgan fingerprint density at radius 1 is 1.35 bits per heavy atom. The third kappa shape index (κ3) is 2.49. The molecule has 23 heavy (non-hydrogen) atoms. The van der Waals surface area contributed by atoms with E-state index in [1.807, 2.05) is 0 Å². The minimum Gasteiger partial charge on any atom is -0.472 e. The molecule has 3 heterocycles. The van der Waals surface area contributed by atoms with Gasteiger partial charge in [0.1, 0.15) is 6.26 Å². The zero-order chi connectivity index (χ0) is 16.0. The first-order chi connectivity index (χ1) is 11.1. The third-order valence-corrected chi connectivity index (χ3v) is 3.96. The number of hydrogen-bond donors (Lipinski definition) is 0. The molecule has 4 rings (SSSR count). The fraction of sp³-hybridized carbons (Fsp3) is 0.0714. The second kappa shape index (κ2) is 5.39. The molecule has 0 atom stereocenters. The molecule has 7 nitrogen and oxygen atoms in total. The van der Waals surface area contributed by atoms with E-state index in [2.05, 4.69) is 26.1 Å². The smallest absolute Gasteiger partial charge is 0.420 e. The van der Waals surface area contributed by atoms with Gasteiger partial charge in [0.2, 0.25) is 0 Å². The molecule has 0 radical (unpaired) electrons. The Kier molecular flexibility index (Phi) is 3.35. The molecule has 3 aromatic heterocycles. The van der Waals surface area contributed by atoms with Gasteiger partial charge in [0.25, 0.3) is 5.89 Å². The van der Waals surface area contributed by atoms with Crippen molar-refractivity contribution in [3.8, 4) is 11.5 Å². The maximum absolute atomic E-state index is 12.1. The number of rotatable bonds is 3. The van der Waals surface area contributed by atoms with Crippen molar-refractivity contribution in [1.82, 2.24) is 14.7 Å². The summed E-state index contributed by atoms with van der Waals surface area (Å²) in [7, 11) is 0. The summed E-state index contributed by atoms with van der Waals surface area (Å²) in [4.78, 5) is 16.3. The van der Waals surface area contributed by atoms with Crippen LogP contribution in [0.5, 0.6) is 0 Å². The zero-order valence-corrected chi connectivity index (χ0v) is 13.7. The number of hydrogen-bond acceptors (Lipinski definition) is 6. The fourth-order valence-corrected chi connectivity index (χ4v) is 3.03. The van der Waals surface area contributed by atoms with Crippen LogP contribution in [0.15, 0.2) is 53.4 Å². The van der Waals surface area contributed by atoms with Gasteiger partial charge in [0.15, 0.2) is 11.4 Å². The van der Waals surface area contributed by atoms with Crippen molar-refractivity contribution in [2.75, 3.05) is 0 Å². The van der Waals surface area contributed by atoms with Crippen LogP contribution in [0.25, 0.3) is 22.6 Å². The maximum Gasteiger partial charge on any atom is 0.420 e. The van der Waals surface area contributed by atoms with E-state index in [1.165, 1.54) is 17.1 Å². The molecular formula is C14H7BrClN3O4. The van der Waals surface area contributed by atoms with Crippen molar-refractivity contribution >= 4 is 38.6 Å². The van der Waals surface area contributed by atoms with Crippen molar-refractivity contribution in [2.24, 2.45) is 0 Å². The lowest BCUT2D eigenvalue weighted by Crippen LogP contribution is -2.15. The van der Waals surface area contributed by atoms with E-state index in [4.69, 9.17) is 25.0 Å². The normalized spacial score (nSPS) is 11.4. The molecule has 0 N–H and O–H groups in total. The maximum atomic E-state index is 12.1. The molecule has 0 aliphatic rings. The highest BCUT2D eigenvalue weighted by Gasteiger charge is 2.17. The first kappa shape index (κ1) is 14.3. The topological polar surface area (TPSA) is 87.2 Å². The van der Waals surface area contributed by atoms with Gasteiger partial charge in [-0.3, -0.25) is 4.57 Å². The van der Waals surface area contributed by atoms with Gasteiger partial charge in [-0.15, -0.1) is 0 Å². The average Bonchev–Trinajstić information content (AvgIpc) is 3.21. The lowest BCUT2D eigenvalue weighted by atomic mass is 10.3. The fourth-order valence-electron chi connectivity index (χ4n) is 2.20. The SMILES string of the molecule is O=c1oc2c(Cl)cc(Br)cc2n1Cc1noc(-c2ccoc2)n1. The van der Waals surface area contributed by atoms with Crippen LogP contribution in [0.4, 0.5) is 0 Å². The molecule has 0 bridgehead atoms. The van der Waals surface area contributed by atoms with E-state index in [1.54, 1.807) is 18.2 Å². The predicted molar refractivity (Wildman–Crippen MR) is 84.3 cm³/mol. The average molecular weight is 397 g/mol. The minimum atomic E-state index is -0.547. The molecule has 0 aliphatic carbocycles. The van der Waals surface area contributed by atoms with Crippen LogP contribution in [-0.4, -0.2) is 14.7 Å². The number of benzene rings is 1. The number of fused-ring (bicyclic) bond motifs is 1. The molecule has 0 saturated heterocycles. The quantitative estimate of drug-likeness (QED) is 0.525. The van der Waals surface area contributed by atoms with Crippen molar-refractivity contribution < 1.29 is 13.4 Å². The molecule has 1 aromatic carbocycles. The summed E-state index contributed by atoms with van der Waals surface area (Å²) in [5.74, 6) is 0.102. The standard InChI is InChI=1S/C14H7BrClN3O4/c15-8-3-9(16)12-10(4-8)19(14(20)22-12)5-11-17-13(23-18-11)7-1-2-21-6-7/h1-4,6H,5H2. The molecular weight excluding hydrogens is 390 g/mol. The van der Waals surface area contributed by atoms with Crippen molar-refractivity contribution in [2.45, 2.75) is 6.54 Å². The Hall–Kier alpha value is -2.32. The lowest BCUT2D eigenvalue weighted by Gasteiger charge is -1.99. The van der Waals surface area contributed by atoms with Crippen LogP contribution >= 0.6 is 27.5 Å². The molecule has 116 valence electrons. The summed E-state index contributed by atoms with van der Waals surface area (Å²) in [6, 6.07) is 5.10. The minimum absolute atomic E-state index is 0.0972. The summed E-state index contributed by atoms with van der Waals surface area (Å²) in [5, 5.41) is 4.21. The molecule has 0 saturated carbocycles. The van der Waals surface area contributed by atoms with Gasteiger partial charge in [0, 0.05) is 4.47 Å². The Bertz CT molecular complexity index is 1050. The number of oxazole rings is 1. The number of halogens is 2. The Morgan fingerprint density at radius 3 is 3.00 bits per heavy atom. The second-order valence-electron chi connectivity index (χ2n) is 4.72. The Labute approximate surface area is 141 Å². The van der Waals surface area contributed by atoms with Crippen molar-refractivity contribution in [1.29, 1.82) is 0 Å². The van der Waals surface area contributed by atoms with E-state index in [-0.39, 0.29) is 6.54 Å². The largest absolute Gasteiger partial charge is 0.472 e. The van der Waals surface area contributed by atoms with Gasteiger partial charge in [-0.25, -0.2) is 4.79 Å². The highest BCUT2D eigenvalue weighted by Crippen LogP contribution is 2.28. The van der Waals surface area contributed by atoms with Crippen molar-refractivity contribution in [3.63, 3.8) is 0 Å². The molecule has 4 aromatic rings. The summed E-state index contributed by atoms with van der Waals surface area (Å²) in [6.45, 7) is 0.0972. The highest BCUT2D eigenvalue weighted by atomic mass is 79.9. The van der Waals surface area contributed by atoms with E-state index in [0.29, 0.717) is 33.4 Å². The Balaban J connectivity index is 1.76. The molecule has 0 fully saturated rings. The van der Waals surface area contributed by atoms with Crippen LogP contribution in [0, 0.1) is 0 Å². The first-order valence-corrected chi connectivity index (χ1v) is 7.62. The van der Waals surface area contributed by atoms with Crippen LogP contribution in [-0.2, 0) is 6.54 Å². The number of furan rings is 1. The first-order valence-electron chi connectivity index (χ1n) is 6.45. The third-order valence-electron chi connectivity index (χ3n) is 3.23. The van der Waals surface area contributed by atoms with Crippen LogP contribution in [0.1, 0.15) is 5.82 Å². The second-order valence-corrected chi connectivity index (χ2v) is 6.04. The van der Waals surface area contributed by atoms with Crippen LogP contribution in [0.3, 0.4) is 0 Å². The Morgan fingerprint density at radius 2 is 2.22 bits per heavy atom. The van der Waals surface area contributed by atoms with Gasteiger partial charge < -0.3 is 13.4 Å². The van der Waals surface area contributed by atoms with Crippen molar-refractivity contribution in [3.05, 3.63) is 56.6 Å². The van der Waals surface area contributed by atoms with Gasteiger partial charge in [0.05, 0.1) is 28.9 Å². The molecule has 9 heteroatoms. The molecule has 0 spiro atoms.